The maximum atomic E-state index is 11.7. The monoisotopic (exact) mass is 349 g/mol. The molecule has 0 aromatic carbocycles. The number of methoxy groups -OCH3 is 1. The molecule has 0 amide bonds. The third-order valence-electron chi connectivity index (χ3n) is 4.96. The van der Waals surface area contributed by atoms with E-state index >= 15 is 0 Å². The van der Waals surface area contributed by atoms with Crippen LogP contribution in [0.4, 0.5) is 17.3 Å². The van der Waals surface area contributed by atoms with Crippen LogP contribution in [0.3, 0.4) is 0 Å². The highest BCUT2D eigenvalue weighted by Gasteiger charge is 2.27. The fraction of sp³-hybridized carbons (Fsp3) is 0.688. The molecule has 138 valence electrons. The molecule has 9 heteroatoms. The second-order valence-electron chi connectivity index (χ2n) is 6.65. The van der Waals surface area contributed by atoms with Gasteiger partial charge in [-0.15, -0.1) is 0 Å². The molecule has 0 aliphatic carbocycles. The molecule has 2 aliphatic rings. The molecule has 0 atom stereocenters. The van der Waals surface area contributed by atoms with Gasteiger partial charge in [-0.2, -0.15) is 0 Å². The van der Waals surface area contributed by atoms with Crippen LogP contribution in [0.5, 0.6) is 0 Å². The van der Waals surface area contributed by atoms with E-state index in [1.165, 1.54) is 13.4 Å². The van der Waals surface area contributed by atoms with Crippen LogP contribution in [0.2, 0.25) is 0 Å². The zero-order chi connectivity index (χ0) is 17.8. The summed E-state index contributed by atoms with van der Waals surface area (Å²) in [5.41, 5.74) is 10.2. The molecule has 25 heavy (non-hydrogen) atoms. The van der Waals surface area contributed by atoms with Crippen molar-refractivity contribution in [2.45, 2.75) is 12.8 Å². The number of carbonyl (C=O) groups is 1. The molecule has 2 aliphatic heterocycles. The maximum absolute atomic E-state index is 11.7. The van der Waals surface area contributed by atoms with Gasteiger partial charge in [-0.3, -0.25) is 4.79 Å². The van der Waals surface area contributed by atoms with Crippen LogP contribution in [-0.2, 0) is 9.53 Å². The Labute approximate surface area is 148 Å². The van der Waals surface area contributed by atoms with Crippen molar-refractivity contribution in [3.63, 3.8) is 0 Å². The second kappa shape index (κ2) is 7.83. The highest BCUT2D eigenvalue weighted by molar-refractivity contribution is 5.76. The topological polar surface area (TPSA) is 99.8 Å². The number of nitrogens with zero attached hydrogens (tertiary/aromatic N) is 5. The van der Waals surface area contributed by atoms with Crippen molar-refractivity contribution in [3.05, 3.63) is 6.33 Å². The van der Waals surface area contributed by atoms with Crippen molar-refractivity contribution < 1.29 is 9.53 Å². The summed E-state index contributed by atoms with van der Waals surface area (Å²) in [5.74, 6) is 1.21. The number of rotatable bonds is 4. The third-order valence-corrected chi connectivity index (χ3v) is 4.96. The van der Waals surface area contributed by atoms with Crippen molar-refractivity contribution in [2.75, 3.05) is 69.5 Å². The van der Waals surface area contributed by atoms with Crippen LogP contribution in [0.1, 0.15) is 12.8 Å². The number of hydrogen-bond donors (Lipinski definition) is 2. The van der Waals surface area contributed by atoms with Crippen LogP contribution in [0, 0.1) is 5.92 Å². The van der Waals surface area contributed by atoms with Gasteiger partial charge in [0, 0.05) is 39.3 Å². The van der Waals surface area contributed by atoms with Crippen molar-refractivity contribution >= 4 is 23.3 Å². The van der Waals surface area contributed by atoms with Crippen LogP contribution in [-0.4, -0.2) is 79.3 Å². The first kappa shape index (κ1) is 17.7. The highest BCUT2D eigenvalue weighted by atomic mass is 16.5. The lowest BCUT2D eigenvalue weighted by atomic mass is 9.97. The van der Waals surface area contributed by atoms with Crippen molar-refractivity contribution in [1.82, 2.24) is 19.9 Å². The zero-order valence-corrected chi connectivity index (χ0v) is 14.9. The summed E-state index contributed by atoms with van der Waals surface area (Å²) < 4.78 is 4.84. The number of esters is 1. The summed E-state index contributed by atoms with van der Waals surface area (Å²) in [6, 6.07) is 0. The van der Waals surface area contributed by atoms with Crippen molar-refractivity contribution in [1.29, 1.82) is 0 Å². The first-order valence-corrected chi connectivity index (χ1v) is 8.72. The van der Waals surface area contributed by atoms with E-state index in [9.17, 15) is 4.79 Å². The average molecular weight is 349 g/mol. The lowest BCUT2D eigenvalue weighted by molar-refractivity contribution is -0.146. The lowest BCUT2D eigenvalue weighted by Gasteiger charge is -2.34. The molecule has 2 fully saturated rings. The summed E-state index contributed by atoms with van der Waals surface area (Å²) in [6.07, 6.45) is 3.03. The number of aromatic nitrogens is 2. The van der Waals surface area contributed by atoms with Gasteiger partial charge in [0.1, 0.15) is 12.0 Å². The number of nitrogen functional groups attached to an aromatic ring is 1. The molecule has 3 heterocycles. The summed E-state index contributed by atoms with van der Waals surface area (Å²) in [6.45, 7) is 5.31. The first-order valence-electron chi connectivity index (χ1n) is 8.72. The van der Waals surface area contributed by atoms with Gasteiger partial charge in [-0.05, 0) is 19.9 Å². The summed E-state index contributed by atoms with van der Waals surface area (Å²) in [4.78, 5) is 24.7. The standard InChI is InChI=1S/C16H27N7O2/c1-21-7-9-23(10-8-21)20-14-13(17)15(19-11-18-14)22-5-3-12(4-6-22)16(24)25-2/h11-12H,3-10,17H2,1-2H3,(H,18,19,20). The highest BCUT2D eigenvalue weighted by Crippen LogP contribution is 2.30. The quantitative estimate of drug-likeness (QED) is 0.729. The summed E-state index contributed by atoms with van der Waals surface area (Å²) in [7, 11) is 3.56. The number of hydrogen-bond acceptors (Lipinski definition) is 9. The van der Waals surface area contributed by atoms with Gasteiger partial charge in [0.25, 0.3) is 0 Å². The van der Waals surface area contributed by atoms with E-state index in [0.717, 1.165) is 57.9 Å². The number of ether oxygens (including phenoxy) is 1. The molecule has 0 unspecified atom stereocenters. The molecule has 0 saturated carbocycles. The fourth-order valence-corrected chi connectivity index (χ4v) is 3.29. The average Bonchev–Trinajstić information content (AvgIpc) is 2.65. The van der Waals surface area contributed by atoms with E-state index in [4.69, 9.17) is 10.5 Å². The number of carbonyl (C=O) groups excluding carboxylic acids is 1. The molecule has 2 saturated heterocycles. The van der Waals surface area contributed by atoms with Crippen LogP contribution < -0.4 is 16.1 Å². The molecule has 0 bridgehead atoms. The first-order chi connectivity index (χ1) is 12.1. The molecule has 1 aromatic rings. The van der Waals surface area contributed by atoms with Gasteiger partial charge >= 0.3 is 5.97 Å². The SMILES string of the molecule is COC(=O)C1CCN(c2ncnc(NN3CCN(C)CC3)c2N)CC1. The number of piperazine rings is 1. The summed E-state index contributed by atoms with van der Waals surface area (Å²) in [5, 5.41) is 2.13. The van der Waals surface area contributed by atoms with E-state index < -0.39 is 0 Å². The smallest absolute Gasteiger partial charge is 0.308 e. The molecule has 3 rings (SSSR count). The molecule has 3 N–H and O–H groups in total. The van der Waals surface area contributed by atoms with Gasteiger partial charge in [-0.1, -0.05) is 0 Å². The largest absolute Gasteiger partial charge is 0.469 e. The van der Waals surface area contributed by atoms with Crippen LogP contribution in [0.15, 0.2) is 6.33 Å². The molecular formula is C16H27N7O2. The van der Waals surface area contributed by atoms with Crippen LogP contribution >= 0.6 is 0 Å². The van der Waals surface area contributed by atoms with Gasteiger partial charge in [0.2, 0.25) is 0 Å². The fourth-order valence-electron chi connectivity index (χ4n) is 3.29. The Bertz CT molecular complexity index is 596. The van der Waals surface area contributed by atoms with E-state index in [-0.39, 0.29) is 11.9 Å². The van der Waals surface area contributed by atoms with Gasteiger partial charge < -0.3 is 25.7 Å². The van der Waals surface area contributed by atoms with Gasteiger partial charge in [0.05, 0.1) is 13.0 Å². The number of likely N-dealkylation sites (N-methyl/N-ethyl adjacent to an activating group) is 1. The molecule has 0 radical (unpaired) electrons. The Balaban J connectivity index is 1.64. The number of nitrogens with one attached hydrogen (secondary N) is 1. The number of hydrazine groups is 1. The number of nitrogens with two attached hydrogens (primary N) is 1. The Hall–Kier alpha value is -2.13. The number of piperidine rings is 1. The molecule has 9 nitrogen and oxygen atoms in total. The van der Waals surface area contributed by atoms with E-state index in [1.807, 2.05) is 0 Å². The van der Waals surface area contributed by atoms with Gasteiger partial charge in [-0.25, -0.2) is 15.0 Å². The number of anilines is 3. The van der Waals surface area contributed by atoms with Crippen molar-refractivity contribution in [2.24, 2.45) is 5.92 Å². The van der Waals surface area contributed by atoms with E-state index in [1.54, 1.807) is 0 Å². The molecule has 0 spiro atoms. The molecular weight excluding hydrogens is 322 g/mol. The normalized spacial score (nSPS) is 20.5. The molecule has 1 aromatic heterocycles. The lowest BCUT2D eigenvalue weighted by Crippen LogP contribution is -2.47. The Kier molecular flexibility index (Phi) is 5.54. The predicted molar refractivity (Wildman–Crippen MR) is 96.1 cm³/mol. The Morgan fingerprint density at radius 2 is 1.88 bits per heavy atom. The van der Waals surface area contributed by atoms with Gasteiger partial charge in [0.15, 0.2) is 11.6 Å². The second-order valence-corrected chi connectivity index (χ2v) is 6.65. The zero-order valence-electron chi connectivity index (χ0n) is 14.9. The minimum atomic E-state index is -0.132. The Morgan fingerprint density at radius 3 is 2.52 bits per heavy atom. The van der Waals surface area contributed by atoms with E-state index in [0.29, 0.717) is 11.5 Å². The summed E-state index contributed by atoms with van der Waals surface area (Å²) >= 11 is 0. The van der Waals surface area contributed by atoms with Crippen molar-refractivity contribution in [3.8, 4) is 0 Å². The maximum Gasteiger partial charge on any atom is 0.308 e. The predicted octanol–water partition coefficient (Wildman–Crippen LogP) is 0.0225. The minimum absolute atomic E-state index is 0.0350. The minimum Gasteiger partial charge on any atom is -0.469 e. The van der Waals surface area contributed by atoms with Crippen LogP contribution in [0.25, 0.3) is 0 Å². The third kappa shape index (κ3) is 4.10. The Morgan fingerprint density at radius 1 is 1.20 bits per heavy atom. The van der Waals surface area contributed by atoms with E-state index in [2.05, 4.69) is 37.3 Å².